The van der Waals surface area contributed by atoms with Crippen LogP contribution in [0.25, 0.3) is 0 Å². The second kappa shape index (κ2) is 11.3. The third kappa shape index (κ3) is 6.78. The number of rotatable bonds is 10. The van der Waals surface area contributed by atoms with Crippen molar-refractivity contribution >= 4 is 33.0 Å². The molecule has 0 atom stereocenters. The van der Waals surface area contributed by atoms with Gasteiger partial charge in [0.1, 0.15) is 30.9 Å². The van der Waals surface area contributed by atoms with Crippen LogP contribution in [0.15, 0.2) is 42.6 Å². The number of phenols is 1. The van der Waals surface area contributed by atoms with Crippen molar-refractivity contribution in [3.8, 4) is 23.3 Å². The van der Waals surface area contributed by atoms with Gasteiger partial charge in [-0.25, -0.2) is 18.4 Å². The Morgan fingerprint density at radius 1 is 1.14 bits per heavy atom. The summed E-state index contributed by atoms with van der Waals surface area (Å²) >= 11 is 12.1. The van der Waals surface area contributed by atoms with Crippen molar-refractivity contribution in [1.82, 2.24) is 9.97 Å². The minimum Gasteiger partial charge on any atom is -0.504 e. The van der Waals surface area contributed by atoms with Gasteiger partial charge in [0.2, 0.25) is 0 Å². The first-order valence-electron chi connectivity index (χ1n) is 10.8. The van der Waals surface area contributed by atoms with Crippen LogP contribution in [0.5, 0.6) is 17.2 Å². The summed E-state index contributed by atoms with van der Waals surface area (Å²) in [4.78, 5) is 8.16. The first kappa shape index (κ1) is 27.5. The molecular weight excluding hydrogens is 525 g/mol. The first-order chi connectivity index (χ1) is 16.9. The number of hydrogen-bond acceptors (Lipinski definition) is 8. The SMILES string of the molecule is CC(C)(c1ccc(OCc2ccnc(CS(C)(=O)=O)n2)c(O)c1)c1cc(Cl)c(OCCCl)c(C#N)c1. The highest BCUT2D eigenvalue weighted by molar-refractivity contribution is 7.89. The molecule has 0 aliphatic heterocycles. The van der Waals surface area contributed by atoms with Crippen LogP contribution in [0.3, 0.4) is 0 Å². The lowest BCUT2D eigenvalue weighted by molar-refractivity contribution is 0.284. The number of nitrogens with zero attached hydrogens (tertiary/aromatic N) is 3. The van der Waals surface area contributed by atoms with Gasteiger partial charge in [0.05, 0.1) is 22.2 Å². The summed E-state index contributed by atoms with van der Waals surface area (Å²) in [5.74, 6) is 0.608. The lowest BCUT2D eigenvalue weighted by Gasteiger charge is -2.27. The van der Waals surface area contributed by atoms with E-state index in [2.05, 4.69) is 16.0 Å². The molecule has 0 bridgehead atoms. The molecule has 2 aromatic carbocycles. The predicted octanol–water partition coefficient (Wildman–Crippen LogP) is 4.77. The lowest BCUT2D eigenvalue weighted by atomic mass is 9.77. The number of nitriles is 1. The van der Waals surface area contributed by atoms with Crippen molar-refractivity contribution in [2.75, 3.05) is 18.7 Å². The van der Waals surface area contributed by atoms with E-state index in [1.54, 1.807) is 30.3 Å². The van der Waals surface area contributed by atoms with Gasteiger partial charge in [-0.3, -0.25) is 0 Å². The largest absolute Gasteiger partial charge is 0.504 e. The fraction of sp³-hybridized carbons (Fsp3) is 0.320. The van der Waals surface area contributed by atoms with Gasteiger partial charge in [-0.1, -0.05) is 31.5 Å². The Bertz CT molecular complexity index is 1410. The van der Waals surface area contributed by atoms with Crippen LogP contribution < -0.4 is 9.47 Å². The Balaban J connectivity index is 1.81. The van der Waals surface area contributed by atoms with Gasteiger partial charge >= 0.3 is 0 Å². The molecule has 0 spiro atoms. The Hall–Kier alpha value is -3.06. The molecule has 3 aromatic rings. The van der Waals surface area contributed by atoms with Crippen LogP contribution in [0, 0.1) is 11.3 Å². The summed E-state index contributed by atoms with van der Waals surface area (Å²) in [6.07, 6.45) is 2.57. The average Bonchev–Trinajstić information content (AvgIpc) is 2.81. The Labute approximate surface area is 220 Å². The van der Waals surface area contributed by atoms with Crippen LogP contribution in [-0.2, 0) is 27.6 Å². The average molecular weight is 550 g/mol. The van der Waals surface area contributed by atoms with Crippen molar-refractivity contribution in [1.29, 1.82) is 5.26 Å². The fourth-order valence-electron chi connectivity index (χ4n) is 3.50. The summed E-state index contributed by atoms with van der Waals surface area (Å²) in [7, 11) is -3.27. The summed E-state index contributed by atoms with van der Waals surface area (Å²) in [5.41, 5.74) is 1.67. The normalized spacial score (nSPS) is 11.7. The van der Waals surface area contributed by atoms with E-state index >= 15 is 0 Å². The number of halogens is 2. The number of phenolic OH excluding ortho intramolecular Hbond substituents is 1. The highest BCUT2D eigenvalue weighted by Gasteiger charge is 2.27. The van der Waals surface area contributed by atoms with Crippen molar-refractivity contribution in [3.63, 3.8) is 0 Å². The molecule has 3 rings (SSSR count). The highest BCUT2D eigenvalue weighted by Crippen LogP contribution is 2.40. The van der Waals surface area contributed by atoms with E-state index in [9.17, 15) is 18.8 Å². The standard InChI is InChI=1S/C25H25Cl2N3O5S/c1-25(2,18-10-16(13-28)24(20(27)11-18)34-9-7-26)17-4-5-22(21(31)12-17)35-14-19-6-8-29-23(30-19)15-36(3,32)33/h4-6,8,10-12,31H,7,9,14-15H2,1-3H3. The zero-order chi connectivity index (χ0) is 26.5. The summed E-state index contributed by atoms with van der Waals surface area (Å²) in [6.45, 7) is 4.12. The van der Waals surface area contributed by atoms with Gasteiger partial charge in [0.25, 0.3) is 0 Å². The molecule has 1 aromatic heterocycles. The molecule has 0 aliphatic carbocycles. The molecule has 190 valence electrons. The Morgan fingerprint density at radius 3 is 2.53 bits per heavy atom. The number of alkyl halides is 1. The van der Waals surface area contributed by atoms with E-state index in [0.717, 1.165) is 17.4 Å². The van der Waals surface area contributed by atoms with E-state index < -0.39 is 15.3 Å². The molecule has 36 heavy (non-hydrogen) atoms. The van der Waals surface area contributed by atoms with E-state index in [0.29, 0.717) is 16.3 Å². The zero-order valence-corrected chi connectivity index (χ0v) is 22.3. The van der Waals surface area contributed by atoms with Crippen molar-refractivity contribution < 1.29 is 23.0 Å². The number of aromatic nitrogens is 2. The van der Waals surface area contributed by atoms with Crippen molar-refractivity contribution in [3.05, 3.63) is 75.8 Å². The topological polar surface area (TPSA) is 122 Å². The van der Waals surface area contributed by atoms with Gasteiger partial charge in [0.15, 0.2) is 27.1 Å². The third-order valence-corrected chi connectivity index (χ3v) is 6.64. The lowest BCUT2D eigenvalue weighted by Crippen LogP contribution is -2.19. The molecule has 0 amide bonds. The number of benzene rings is 2. The minimum atomic E-state index is -3.27. The first-order valence-corrected chi connectivity index (χ1v) is 13.8. The van der Waals surface area contributed by atoms with Gasteiger partial charge in [0, 0.05) is 17.9 Å². The molecule has 0 fully saturated rings. The van der Waals surface area contributed by atoms with Gasteiger partial charge in [-0.15, -0.1) is 11.6 Å². The summed E-state index contributed by atoms with van der Waals surface area (Å²) in [6, 6.07) is 12.2. The van der Waals surface area contributed by atoms with Gasteiger partial charge in [-0.05, 0) is 41.5 Å². The molecule has 0 unspecified atom stereocenters. The maximum absolute atomic E-state index is 11.5. The van der Waals surface area contributed by atoms with E-state index in [1.807, 2.05) is 19.9 Å². The number of aromatic hydroxyl groups is 1. The molecule has 1 heterocycles. The molecule has 0 aliphatic rings. The highest BCUT2D eigenvalue weighted by atomic mass is 35.5. The predicted molar refractivity (Wildman–Crippen MR) is 138 cm³/mol. The molecule has 0 saturated heterocycles. The minimum absolute atomic E-state index is 0.0144. The zero-order valence-electron chi connectivity index (χ0n) is 20.0. The maximum Gasteiger partial charge on any atom is 0.161 e. The molecule has 8 nitrogen and oxygen atoms in total. The second-order valence-corrected chi connectivity index (χ2v) is 11.5. The maximum atomic E-state index is 11.5. The molecule has 0 radical (unpaired) electrons. The molecule has 11 heteroatoms. The van der Waals surface area contributed by atoms with Crippen molar-refractivity contribution in [2.24, 2.45) is 0 Å². The number of hydrogen-bond donors (Lipinski definition) is 1. The fourth-order valence-corrected chi connectivity index (χ4v) is 4.46. The molecule has 0 saturated carbocycles. The Kier molecular flexibility index (Phi) is 8.67. The van der Waals surface area contributed by atoms with Crippen molar-refractivity contribution in [2.45, 2.75) is 31.6 Å². The quantitative estimate of drug-likeness (QED) is 0.358. The number of sulfone groups is 1. The third-order valence-electron chi connectivity index (χ3n) is 5.42. The second-order valence-electron chi connectivity index (χ2n) is 8.61. The van der Waals surface area contributed by atoms with E-state index in [-0.39, 0.29) is 47.9 Å². The van der Waals surface area contributed by atoms with Gasteiger partial charge < -0.3 is 14.6 Å². The van der Waals surface area contributed by atoms with Crippen LogP contribution in [-0.4, -0.2) is 42.2 Å². The van der Waals surface area contributed by atoms with Gasteiger partial charge in [-0.2, -0.15) is 5.26 Å². The molecular formula is C25H25Cl2N3O5S. The molecule has 1 N–H and O–H groups in total. The van der Waals surface area contributed by atoms with Crippen LogP contribution in [0.1, 0.15) is 42.1 Å². The monoisotopic (exact) mass is 549 g/mol. The number of ether oxygens (including phenoxy) is 2. The van der Waals surface area contributed by atoms with Crippen LogP contribution >= 0.6 is 23.2 Å². The van der Waals surface area contributed by atoms with Crippen LogP contribution in [0.4, 0.5) is 0 Å². The summed E-state index contributed by atoms with van der Waals surface area (Å²) in [5, 5.41) is 20.5. The van der Waals surface area contributed by atoms with E-state index in [1.165, 1.54) is 6.20 Å². The smallest absolute Gasteiger partial charge is 0.161 e. The summed E-state index contributed by atoms with van der Waals surface area (Å²) < 4.78 is 34.2. The Morgan fingerprint density at radius 2 is 1.89 bits per heavy atom. The van der Waals surface area contributed by atoms with Crippen LogP contribution in [0.2, 0.25) is 5.02 Å². The van der Waals surface area contributed by atoms with E-state index in [4.69, 9.17) is 32.7 Å².